The van der Waals surface area contributed by atoms with Gasteiger partial charge in [-0.2, -0.15) is 0 Å². The van der Waals surface area contributed by atoms with Crippen molar-refractivity contribution in [3.05, 3.63) is 46.5 Å². The molecule has 1 aromatic carbocycles. The Hall–Kier alpha value is -4.47. The maximum atomic E-state index is 14.5. The van der Waals surface area contributed by atoms with Crippen molar-refractivity contribution in [3.63, 3.8) is 0 Å². The van der Waals surface area contributed by atoms with Crippen LogP contribution in [0.2, 0.25) is 0 Å². The minimum Gasteiger partial charge on any atom is -0.492 e. The number of hydrogen-bond donors (Lipinski definition) is 4. The predicted octanol–water partition coefficient (Wildman–Crippen LogP) is 2.39. The first-order valence-corrected chi connectivity index (χ1v) is 18.5. The van der Waals surface area contributed by atoms with Crippen molar-refractivity contribution in [1.82, 2.24) is 30.1 Å². The van der Waals surface area contributed by atoms with E-state index in [1.807, 2.05) is 19.1 Å². The van der Waals surface area contributed by atoms with Gasteiger partial charge in [0.1, 0.15) is 40.5 Å². The fourth-order valence-electron chi connectivity index (χ4n) is 6.82. The van der Waals surface area contributed by atoms with Gasteiger partial charge in [-0.05, 0) is 57.6 Å². The summed E-state index contributed by atoms with van der Waals surface area (Å²) < 4.78 is 41.2. The molecule has 3 heterocycles. The normalized spacial score (nSPS) is 27.9. The van der Waals surface area contributed by atoms with Crippen LogP contribution in [0.1, 0.15) is 64.7 Å². The van der Waals surface area contributed by atoms with E-state index < -0.39 is 74.6 Å². The highest BCUT2D eigenvalue weighted by molar-refractivity contribution is 7.85. The molecule has 2 aromatic rings. The summed E-state index contributed by atoms with van der Waals surface area (Å²) >= 11 is 0. The average molecular weight is 729 g/mol. The molecule has 0 radical (unpaired) electrons. The highest BCUT2D eigenvalue weighted by Crippen LogP contribution is 2.47. The van der Waals surface area contributed by atoms with Gasteiger partial charge in [-0.25, -0.2) is 13.4 Å². The zero-order valence-corrected chi connectivity index (χ0v) is 30.0. The Kier molecular flexibility index (Phi) is 10.2. The summed E-state index contributed by atoms with van der Waals surface area (Å²) in [6.07, 6.45) is 8.14. The zero-order chi connectivity index (χ0) is 36.7. The van der Waals surface area contributed by atoms with Crippen molar-refractivity contribution in [3.8, 4) is 11.5 Å². The second kappa shape index (κ2) is 14.3. The third kappa shape index (κ3) is 7.46. The van der Waals surface area contributed by atoms with Crippen LogP contribution in [0.15, 0.2) is 35.1 Å². The number of benzene rings is 1. The van der Waals surface area contributed by atoms with Crippen molar-refractivity contribution >= 4 is 45.6 Å². The Bertz CT molecular complexity index is 1850. The summed E-state index contributed by atoms with van der Waals surface area (Å²) in [4.78, 5) is 73.1. The van der Waals surface area contributed by atoms with Crippen LogP contribution < -0.4 is 30.4 Å². The van der Waals surface area contributed by atoms with Crippen LogP contribution in [-0.2, 0) is 25.4 Å². The van der Waals surface area contributed by atoms with Gasteiger partial charge in [0.2, 0.25) is 11.8 Å². The van der Waals surface area contributed by atoms with Crippen LogP contribution in [0.5, 0.6) is 11.5 Å². The van der Waals surface area contributed by atoms with Crippen LogP contribution in [0.3, 0.4) is 0 Å². The van der Waals surface area contributed by atoms with Crippen LogP contribution >= 0.6 is 0 Å². The van der Waals surface area contributed by atoms with Gasteiger partial charge in [0.25, 0.3) is 11.5 Å². The second-order valence-electron chi connectivity index (χ2n) is 14.4. The SMILES string of the molecule is COc1c(F)ccc2c(OC3CC4C(=O)NC5(C(=O)NS(=O)C6(C)CC6)CC5C=CCCCCCC(NC(=O)N(C)C)C(=O)N4C3)cc(=O)[nH]c12. The molecule has 4 N–H and O–H groups in total. The monoisotopic (exact) mass is 728 g/mol. The van der Waals surface area contributed by atoms with Gasteiger partial charge >= 0.3 is 6.03 Å². The Morgan fingerprint density at radius 1 is 1.14 bits per heavy atom. The highest BCUT2D eigenvalue weighted by Gasteiger charge is 2.62. The average Bonchev–Trinajstić information content (AvgIpc) is 3.96. The lowest BCUT2D eigenvalue weighted by Crippen LogP contribution is -2.58. The number of urea groups is 1. The van der Waals surface area contributed by atoms with E-state index in [1.165, 1.54) is 35.1 Å². The number of hydrogen-bond acceptors (Lipinski definition) is 8. The minimum absolute atomic E-state index is 0.0131. The maximum absolute atomic E-state index is 14.5. The molecule has 16 heteroatoms. The zero-order valence-electron chi connectivity index (χ0n) is 29.2. The van der Waals surface area contributed by atoms with Crippen molar-refractivity contribution in [2.24, 2.45) is 5.92 Å². The number of halogens is 1. The number of nitrogens with one attached hydrogen (secondary N) is 4. The van der Waals surface area contributed by atoms with Crippen LogP contribution in [-0.4, -0.2) is 99.0 Å². The standard InChI is InChI=1S/C35H45FN6O8S/c1-34(14-15-34)51(48)40-32(46)35-18-20(35)10-8-6-5-7-9-11-24(37-33(47)41(2)3)31(45)42-19-21(16-25(42)30(44)39-35)50-26-17-27(43)38-28-22(26)12-13-23(36)29(28)49-4/h8,10,12-13,17,20-21,24-25H,5-7,9,11,14-16,18-19H2,1-4H3,(H,37,47)(H,38,43)(H,39,44)(H,40,46). The Labute approximate surface area is 297 Å². The Balaban J connectivity index is 1.33. The Morgan fingerprint density at radius 2 is 1.90 bits per heavy atom. The molecule has 14 nitrogen and oxygen atoms in total. The summed E-state index contributed by atoms with van der Waals surface area (Å²) in [5.74, 6) is -2.72. The second-order valence-corrected chi connectivity index (χ2v) is 16.1. The molecule has 1 saturated heterocycles. The third-order valence-corrected chi connectivity index (χ3v) is 12.0. The van der Waals surface area contributed by atoms with Gasteiger partial charge in [0.15, 0.2) is 11.6 Å². The summed E-state index contributed by atoms with van der Waals surface area (Å²) in [6.45, 7) is 1.76. The van der Waals surface area contributed by atoms with E-state index in [2.05, 4.69) is 20.3 Å². The fourth-order valence-corrected chi connectivity index (χ4v) is 7.89. The molecule has 5 amide bonds. The molecule has 6 atom stereocenters. The summed E-state index contributed by atoms with van der Waals surface area (Å²) in [5, 5.41) is 6.08. The van der Waals surface area contributed by atoms with Gasteiger partial charge in [-0.3, -0.25) is 23.9 Å². The highest BCUT2D eigenvalue weighted by atomic mass is 32.2. The number of ether oxygens (including phenoxy) is 2. The molecular formula is C35H45FN6O8S. The van der Waals surface area contributed by atoms with Crippen molar-refractivity contribution in [1.29, 1.82) is 0 Å². The number of carbonyl (C=O) groups is 4. The lowest BCUT2D eigenvalue weighted by Gasteiger charge is -2.30. The van der Waals surface area contributed by atoms with Crippen LogP contribution in [0.4, 0.5) is 9.18 Å². The smallest absolute Gasteiger partial charge is 0.317 e. The number of methoxy groups -OCH3 is 1. The van der Waals surface area contributed by atoms with E-state index in [0.29, 0.717) is 24.6 Å². The molecule has 4 aliphatic rings. The van der Waals surface area contributed by atoms with E-state index in [1.54, 1.807) is 14.1 Å². The first-order chi connectivity index (χ1) is 24.3. The fraction of sp³-hybridized carbons (Fsp3) is 0.571. The van der Waals surface area contributed by atoms with Crippen LogP contribution in [0.25, 0.3) is 10.9 Å². The molecule has 0 spiro atoms. The molecule has 2 aliphatic heterocycles. The molecule has 6 unspecified atom stereocenters. The molecule has 0 bridgehead atoms. The predicted molar refractivity (Wildman–Crippen MR) is 187 cm³/mol. The largest absolute Gasteiger partial charge is 0.492 e. The first-order valence-electron chi connectivity index (χ1n) is 17.3. The number of allylic oxidation sites excluding steroid dienone is 1. The van der Waals surface area contributed by atoms with E-state index in [-0.39, 0.29) is 35.9 Å². The Morgan fingerprint density at radius 3 is 2.61 bits per heavy atom. The van der Waals surface area contributed by atoms with Crippen LogP contribution in [0, 0.1) is 11.7 Å². The lowest BCUT2D eigenvalue weighted by molar-refractivity contribution is -0.141. The number of H-pyrrole nitrogens is 1. The number of aromatic nitrogens is 1. The summed E-state index contributed by atoms with van der Waals surface area (Å²) in [6, 6.07) is 1.29. The maximum Gasteiger partial charge on any atom is 0.317 e. The third-order valence-electron chi connectivity index (χ3n) is 10.3. The van der Waals surface area contributed by atoms with E-state index in [9.17, 15) is 32.6 Å². The topological polar surface area (TPSA) is 179 Å². The number of nitrogens with zero attached hydrogens (tertiary/aromatic N) is 2. The summed E-state index contributed by atoms with van der Waals surface area (Å²) in [5.41, 5.74) is -1.84. The van der Waals surface area contributed by atoms with Gasteiger partial charge in [-0.15, -0.1) is 0 Å². The number of pyridine rings is 1. The molecular weight excluding hydrogens is 683 g/mol. The molecule has 1 aromatic heterocycles. The quantitative estimate of drug-likeness (QED) is 0.314. The first kappa shape index (κ1) is 36.3. The molecule has 2 aliphatic carbocycles. The molecule has 3 fully saturated rings. The number of aromatic amines is 1. The lowest BCUT2D eigenvalue weighted by atomic mass is 10.0. The van der Waals surface area contributed by atoms with E-state index >= 15 is 0 Å². The van der Waals surface area contributed by atoms with Crippen molar-refractivity contribution in [2.75, 3.05) is 27.7 Å². The molecule has 2 saturated carbocycles. The molecule has 6 rings (SSSR count). The summed E-state index contributed by atoms with van der Waals surface area (Å²) in [7, 11) is 2.77. The number of rotatable bonds is 7. The van der Waals surface area contributed by atoms with Gasteiger partial charge < -0.3 is 34.9 Å². The van der Waals surface area contributed by atoms with Crippen molar-refractivity contribution in [2.45, 2.75) is 93.2 Å². The molecule has 276 valence electrons. The van der Waals surface area contributed by atoms with Gasteiger partial charge in [0, 0.05) is 37.9 Å². The minimum atomic E-state index is -1.64. The van der Waals surface area contributed by atoms with E-state index in [4.69, 9.17) is 9.47 Å². The van der Waals surface area contributed by atoms with Gasteiger partial charge in [-0.1, -0.05) is 25.0 Å². The van der Waals surface area contributed by atoms with Gasteiger partial charge in [0.05, 0.1) is 23.9 Å². The van der Waals surface area contributed by atoms with E-state index in [0.717, 1.165) is 32.1 Å². The number of fused-ring (bicyclic) bond motifs is 3. The number of carbonyl (C=O) groups excluding carboxylic acids is 4. The van der Waals surface area contributed by atoms with Crippen molar-refractivity contribution < 1.29 is 37.3 Å². The number of amides is 5. The molecule has 51 heavy (non-hydrogen) atoms.